The number of pyridine rings is 1. The van der Waals surface area contributed by atoms with E-state index in [0.29, 0.717) is 0 Å². The van der Waals surface area contributed by atoms with Gasteiger partial charge in [0, 0.05) is 11.9 Å². The molecule has 0 amide bonds. The van der Waals surface area contributed by atoms with Gasteiger partial charge in [0.25, 0.3) is 0 Å². The number of rotatable bonds is 3. The van der Waals surface area contributed by atoms with E-state index in [4.69, 9.17) is 0 Å². The van der Waals surface area contributed by atoms with Crippen molar-refractivity contribution in [2.24, 2.45) is 0 Å². The minimum atomic E-state index is 1.09. The maximum Gasteiger partial charge on any atom is 0.0447 e. The molecule has 1 aromatic heterocycles. The van der Waals surface area contributed by atoms with E-state index in [2.05, 4.69) is 25.4 Å². The molecule has 0 saturated heterocycles. The summed E-state index contributed by atoms with van der Waals surface area (Å²) in [5.41, 5.74) is 5.00. The normalized spacial score (nSPS) is 9.13. The largest absolute Gasteiger partial charge is 0.261 e. The maximum absolute atomic E-state index is 4.32. The quantitative estimate of drug-likeness (QED) is 0.716. The third-order valence-electron chi connectivity index (χ3n) is 2.35. The summed E-state index contributed by atoms with van der Waals surface area (Å²) in [5, 5.41) is 0. The average molecular weight is 205 g/mol. The van der Waals surface area contributed by atoms with Crippen LogP contribution in [0.2, 0.25) is 0 Å². The van der Waals surface area contributed by atoms with Gasteiger partial charge in [0.15, 0.2) is 0 Å². The van der Waals surface area contributed by atoms with E-state index in [0.717, 1.165) is 12.1 Å². The van der Waals surface area contributed by atoms with Gasteiger partial charge >= 0.3 is 0 Å². The first-order valence-corrected chi connectivity index (χ1v) is 5.78. The molecule has 0 radical (unpaired) electrons. The lowest BCUT2D eigenvalue weighted by molar-refractivity contribution is 0.899. The Labute approximate surface area is 94.3 Å². The Morgan fingerprint density at radius 3 is 2.40 bits per heavy atom. The molecule has 0 atom stereocenters. The van der Waals surface area contributed by atoms with Crippen LogP contribution in [-0.2, 0) is 6.42 Å². The summed E-state index contributed by atoms with van der Waals surface area (Å²) < 4.78 is 0. The molecule has 0 unspecified atom stereocenters. The topological polar surface area (TPSA) is 12.9 Å². The second-order valence-corrected chi connectivity index (χ2v) is 3.37. The molecule has 1 rings (SSSR count). The molecule has 1 heterocycles. The van der Waals surface area contributed by atoms with E-state index in [1.807, 2.05) is 33.0 Å². The smallest absolute Gasteiger partial charge is 0.0447 e. The number of hydrogen-bond donors (Lipinski definition) is 0. The van der Waals surface area contributed by atoms with Crippen molar-refractivity contribution in [1.82, 2.24) is 4.98 Å². The average Bonchev–Trinajstić information content (AvgIpc) is 2.27. The maximum atomic E-state index is 4.32. The van der Waals surface area contributed by atoms with Crippen molar-refractivity contribution in [2.75, 3.05) is 0 Å². The predicted octanol–water partition coefficient (Wildman–Crippen LogP) is 4.32. The number of aryl methyl sites for hydroxylation is 2. The van der Waals surface area contributed by atoms with E-state index < -0.39 is 0 Å². The third-order valence-corrected chi connectivity index (χ3v) is 2.35. The summed E-state index contributed by atoms with van der Waals surface area (Å²) in [6, 6.07) is 0. The molecule has 0 N–H and O–H groups in total. The Morgan fingerprint density at radius 2 is 1.93 bits per heavy atom. The summed E-state index contributed by atoms with van der Waals surface area (Å²) in [6.07, 6.45) is 6.16. The highest BCUT2D eigenvalue weighted by molar-refractivity contribution is 5.56. The van der Waals surface area contributed by atoms with E-state index in [9.17, 15) is 0 Å². The first kappa shape index (κ1) is 13.9. The first-order valence-electron chi connectivity index (χ1n) is 5.78. The molecule has 0 saturated carbocycles. The summed E-state index contributed by atoms with van der Waals surface area (Å²) >= 11 is 0. The fraction of sp³-hybridized carbons (Fsp3) is 0.500. The zero-order valence-electron chi connectivity index (χ0n) is 10.7. The van der Waals surface area contributed by atoms with E-state index in [-0.39, 0.29) is 0 Å². The van der Waals surface area contributed by atoms with Crippen molar-refractivity contribution in [1.29, 1.82) is 0 Å². The molecule has 0 aromatic carbocycles. The van der Waals surface area contributed by atoms with Crippen molar-refractivity contribution < 1.29 is 0 Å². The van der Waals surface area contributed by atoms with Gasteiger partial charge in [0.2, 0.25) is 0 Å². The van der Waals surface area contributed by atoms with Crippen molar-refractivity contribution >= 4 is 6.08 Å². The highest BCUT2D eigenvalue weighted by Crippen LogP contribution is 2.19. The van der Waals surface area contributed by atoms with Crippen LogP contribution in [0.15, 0.2) is 12.8 Å². The zero-order chi connectivity index (χ0) is 11.8. The highest BCUT2D eigenvalue weighted by atomic mass is 14.7. The summed E-state index contributed by atoms with van der Waals surface area (Å²) in [4.78, 5) is 4.32. The van der Waals surface area contributed by atoms with Crippen LogP contribution in [0.25, 0.3) is 6.08 Å². The molecule has 1 heteroatoms. The Kier molecular flexibility index (Phi) is 6.68. The van der Waals surface area contributed by atoms with Crippen molar-refractivity contribution in [3.8, 4) is 0 Å². The molecule has 0 aliphatic heterocycles. The molecular weight excluding hydrogens is 182 g/mol. The van der Waals surface area contributed by atoms with Crippen LogP contribution in [0.3, 0.4) is 0 Å². The standard InChI is InChI=1S/C12H17N.C2H6/c1-5-7-12-9(3)8-13-10(4)11(12)6-2;1-2/h6,8H,2,5,7H2,1,3-4H3;1-2H3. The van der Waals surface area contributed by atoms with Gasteiger partial charge in [0.1, 0.15) is 0 Å². The van der Waals surface area contributed by atoms with Gasteiger partial charge in [-0.1, -0.05) is 39.8 Å². The monoisotopic (exact) mass is 205 g/mol. The Morgan fingerprint density at radius 1 is 1.33 bits per heavy atom. The van der Waals surface area contributed by atoms with E-state index in [1.54, 1.807) is 0 Å². The van der Waals surface area contributed by atoms with Crippen LogP contribution in [0.1, 0.15) is 49.6 Å². The molecule has 0 aliphatic carbocycles. The van der Waals surface area contributed by atoms with Gasteiger partial charge in [-0.15, -0.1) is 0 Å². The minimum Gasteiger partial charge on any atom is -0.261 e. The zero-order valence-corrected chi connectivity index (χ0v) is 10.7. The lowest BCUT2D eigenvalue weighted by Crippen LogP contribution is -1.98. The molecule has 15 heavy (non-hydrogen) atoms. The third kappa shape index (κ3) is 3.50. The van der Waals surface area contributed by atoms with E-state index >= 15 is 0 Å². The molecule has 84 valence electrons. The Balaban J connectivity index is 0.000000921. The predicted molar refractivity (Wildman–Crippen MR) is 69.1 cm³/mol. The SMILES string of the molecule is C=Cc1c(C)ncc(C)c1CCC.CC. The number of aromatic nitrogens is 1. The molecular formula is C14H23N. The van der Waals surface area contributed by atoms with Crippen LogP contribution in [0, 0.1) is 13.8 Å². The summed E-state index contributed by atoms with van der Waals surface area (Å²) in [6.45, 7) is 14.2. The fourth-order valence-electron chi connectivity index (χ4n) is 1.62. The van der Waals surface area contributed by atoms with Crippen molar-refractivity contribution in [3.05, 3.63) is 35.2 Å². The molecule has 0 spiro atoms. The Bertz CT molecular complexity index is 313. The fourth-order valence-corrected chi connectivity index (χ4v) is 1.62. The lowest BCUT2D eigenvalue weighted by atomic mass is 9.98. The number of hydrogen-bond acceptors (Lipinski definition) is 1. The molecule has 1 nitrogen and oxygen atoms in total. The van der Waals surface area contributed by atoms with E-state index in [1.165, 1.54) is 23.1 Å². The van der Waals surface area contributed by atoms with Crippen molar-refractivity contribution in [2.45, 2.75) is 47.5 Å². The minimum absolute atomic E-state index is 1.09. The molecule has 1 aromatic rings. The molecule has 0 aliphatic rings. The van der Waals surface area contributed by atoms with Crippen LogP contribution >= 0.6 is 0 Å². The Hall–Kier alpha value is -1.11. The van der Waals surface area contributed by atoms with Crippen LogP contribution in [0.5, 0.6) is 0 Å². The summed E-state index contributed by atoms with van der Waals surface area (Å²) in [5.74, 6) is 0. The van der Waals surface area contributed by atoms with Gasteiger partial charge in [-0.3, -0.25) is 4.98 Å². The van der Waals surface area contributed by atoms with Crippen LogP contribution in [0.4, 0.5) is 0 Å². The van der Waals surface area contributed by atoms with Gasteiger partial charge in [-0.25, -0.2) is 0 Å². The van der Waals surface area contributed by atoms with Crippen molar-refractivity contribution in [3.63, 3.8) is 0 Å². The molecule has 0 fully saturated rings. The van der Waals surface area contributed by atoms with Gasteiger partial charge < -0.3 is 0 Å². The van der Waals surface area contributed by atoms with Crippen LogP contribution in [-0.4, -0.2) is 4.98 Å². The first-order chi connectivity index (χ1) is 7.20. The highest BCUT2D eigenvalue weighted by Gasteiger charge is 2.05. The van der Waals surface area contributed by atoms with Gasteiger partial charge in [-0.2, -0.15) is 0 Å². The second-order valence-electron chi connectivity index (χ2n) is 3.37. The second kappa shape index (κ2) is 7.22. The number of nitrogens with zero attached hydrogens (tertiary/aromatic N) is 1. The summed E-state index contributed by atoms with van der Waals surface area (Å²) in [7, 11) is 0. The molecule has 0 bridgehead atoms. The van der Waals surface area contributed by atoms with Gasteiger partial charge in [0.05, 0.1) is 0 Å². The van der Waals surface area contributed by atoms with Gasteiger partial charge in [-0.05, 0) is 37.0 Å². The van der Waals surface area contributed by atoms with Crippen LogP contribution < -0.4 is 0 Å². The lowest BCUT2D eigenvalue weighted by Gasteiger charge is -2.10.